The van der Waals surface area contributed by atoms with Crippen molar-refractivity contribution in [2.75, 3.05) is 6.61 Å². The van der Waals surface area contributed by atoms with Gasteiger partial charge < -0.3 is 4.74 Å². The third-order valence-corrected chi connectivity index (χ3v) is 4.88. The van der Waals surface area contributed by atoms with Crippen LogP contribution in [0.25, 0.3) is 0 Å². The second kappa shape index (κ2) is 7.39. The predicted octanol–water partition coefficient (Wildman–Crippen LogP) is 5.07. The highest BCUT2D eigenvalue weighted by Gasteiger charge is 2.12. The third-order valence-electron chi connectivity index (χ3n) is 2.65. The summed E-state index contributed by atoms with van der Waals surface area (Å²) in [6, 6.07) is 11.6. The van der Waals surface area contributed by atoms with Crippen molar-refractivity contribution in [3.05, 3.63) is 58.2 Å². The Morgan fingerprint density at radius 3 is 2.35 bits per heavy atom. The molecule has 0 fully saturated rings. The minimum atomic E-state index is -0.00106. The molecule has 2 nitrogen and oxygen atoms in total. The van der Waals surface area contributed by atoms with Crippen molar-refractivity contribution in [2.45, 2.75) is 6.92 Å². The van der Waals surface area contributed by atoms with Crippen LogP contribution in [-0.4, -0.2) is 12.4 Å². The van der Waals surface area contributed by atoms with Crippen molar-refractivity contribution in [3.63, 3.8) is 0 Å². The summed E-state index contributed by atoms with van der Waals surface area (Å²) >= 11 is 6.74. The van der Waals surface area contributed by atoms with Gasteiger partial charge in [-0.05, 0) is 92.9 Å². The molecular weight excluding hydrogens is 593 g/mol. The highest BCUT2D eigenvalue weighted by Crippen LogP contribution is 2.29. The molecule has 0 radical (unpaired) electrons. The zero-order valence-electron chi connectivity index (χ0n) is 10.6. The molecule has 104 valence electrons. The highest BCUT2D eigenvalue weighted by molar-refractivity contribution is 14.1. The number of benzene rings is 2. The van der Waals surface area contributed by atoms with Crippen molar-refractivity contribution in [3.8, 4) is 5.75 Å². The van der Waals surface area contributed by atoms with Gasteiger partial charge in [-0.1, -0.05) is 23.8 Å². The van der Waals surface area contributed by atoms with Crippen molar-refractivity contribution >= 4 is 73.6 Å². The lowest BCUT2D eigenvalue weighted by Gasteiger charge is -2.10. The molecule has 0 bridgehead atoms. The molecule has 0 N–H and O–H groups in total. The van der Waals surface area contributed by atoms with E-state index in [1.54, 1.807) is 0 Å². The maximum Gasteiger partial charge on any atom is 0.200 e. The Balaban J connectivity index is 2.11. The number of halogens is 3. The molecule has 0 amide bonds. The molecule has 0 atom stereocenters. The monoisotopic (exact) mass is 604 g/mol. The minimum absolute atomic E-state index is 0.00106. The number of hydrogen-bond donors (Lipinski definition) is 0. The summed E-state index contributed by atoms with van der Waals surface area (Å²) in [4.78, 5) is 12.1. The van der Waals surface area contributed by atoms with E-state index < -0.39 is 0 Å². The standard InChI is InChI=1S/C15H11I3O2/c1-9-3-2-4-10(5-9)14(19)8-20-15-12(17)6-11(16)7-13(15)18/h2-7H,8H2,1H3. The van der Waals surface area contributed by atoms with E-state index in [4.69, 9.17) is 4.74 Å². The molecule has 0 spiro atoms. The van der Waals surface area contributed by atoms with Gasteiger partial charge in [0.25, 0.3) is 0 Å². The largest absolute Gasteiger partial charge is 0.483 e. The molecule has 0 saturated heterocycles. The van der Waals surface area contributed by atoms with Crippen LogP contribution in [0.2, 0.25) is 0 Å². The lowest BCUT2D eigenvalue weighted by molar-refractivity contribution is 0.0920. The minimum Gasteiger partial charge on any atom is -0.483 e. The van der Waals surface area contributed by atoms with Crippen molar-refractivity contribution in [1.29, 1.82) is 0 Å². The summed E-state index contributed by atoms with van der Waals surface area (Å²) in [6.07, 6.45) is 0. The number of hydrogen-bond acceptors (Lipinski definition) is 2. The molecule has 2 aromatic carbocycles. The van der Waals surface area contributed by atoms with Crippen LogP contribution in [0.5, 0.6) is 5.75 Å². The van der Waals surface area contributed by atoms with Crippen LogP contribution in [-0.2, 0) is 0 Å². The first kappa shape index (κ1) is 16.5. The fourth-order valence-corrected chi connectivity index (χ4v) is 5.60. The number of carbonyl (C=O) groups is 1. The van der Waals surface area contributed by atoms with Gasteiger partial charge in [-0.15, -0.1) is 0 Å². The Labute approximate surface area is 159 Å². The van der Waals surface area contributed by atoms with Gasteiger partial charge >= 0.3 is 0 Å². The summed E-state index contributed by atoms with van der Waals surface area (Å²) in [5, 5.41) is 0. The van der Waals surface area contributed by atoms with E-state index in [9.17, 15) is 4.79 Å². The molecule has 0 saturated carbocycles. The average Bonchev–Trinajstić information content (AvgIpc) is 2.37. The first-order chi connectivity index (χ1) is 9.47. The molecule has 2 aromatic rings. The van der Waals surface area contributed by atoms with Gasteiger partial charge in [0, 0.05) is 9.13 Å². The summed E-state index contributed by atoms with van der Waals surface area (Å²) in [5.41, 5.74) is 1.77. The lowest BCUT2D eigenvalue weighted by Crippen LogP contribution is -2.13. The van der Waals surface area contributed by atoms with Gasteiger partial charge in [-0.25, -0.2) is 0 Å². The maximum absolute atomic E-state index is 12.1. The second-order valence-electron chi connectivity index (χ2n) is 4.28. The Hall–Kier alpha value is 0.100. The topological polar surface area (TPSA) is 26.3 Å². The number of aryl methyl sites for hydroxylation is 1. The Kier molecular flexibility index (Phi) is 6.09. The van der Waals surface area contributed by atoms with E-state index >= 15 is 0 Å². The van der Waals surface area contributed by atoms with Crippen LogP contribution in [0.3, 0.4) is 0 Å². The molecule has 20 heavy (non-hydrogen) atoms. The van der Waals surface area contributed by atoms with E-state index in [1.165, 1.54) is 0 Å². The van der Waals surface area contributed by atoms with E-state index in [0.717, 1.165) is 22.0 Å². The number of rotatable bonds is 4. The Bertz CT molecular complexity index is 630. The molecular formula is C15H11I3O2. The van der Waals surface area contributed by atoms with Gasteiger partial charge in [0.2, 0.25) is 0 Å². The van der Waals surface area contributed by atoms with Crippen LogP contribution in [0.4, 0.5) is 0 Å². The van der Waals surface area contributed by atoms with Crippen LogP contribution in [0.15, 0.2) is 36.4 Å². The highest BCUT2D eigenvalue weighted by atomic mass is 127. The van der Waals surface area contributed by atoms with Crippen molar-refractivity contribution < 1.29 is 9.53 Å². The summed E-state index contributed by atoms with van der Waals surface area (Å²) in [7, 11) is 0. The molecule has 0 unspecified atom stereocenters. The number of Topliss-reactive ketones (excluding diaryl/α,β-unsaturated/α-hetero) is 1. The smallest absolute Gasteiger partial charge is 0.200 e. The molecule has 2 rings (SSSR count). The number of ether oxygens (including phenoxy) is 1. The van der Waals surface area contributed by atoms with E-state index in [-0.39, 0.29) is 12.4 Å². The van der Waals surface area contributed by atoms with Gasteiger partial charge in [0.15, 0.2) is 12.4 Å². The van der Waals surface area contributed by atoms with Gasteiger partial charge in [0.1, 0.15) is 5.75 Å². The van der Waals surface area contributed by atoms with E-state index in [1.807, 2.05) is 43.3 Å². The van der Waals surface area contributed by atoms with Crippen molar-refractivity contribution in [1.82, 2.24) is 0 Å². The van der Waals surface area contributed by atoms with Gasteiger partial charge in [-0.2, -0.15) is 0 Å². The Morgan fingerprint density at radius 2 is 1.75 bits per heavy atom. The molecule has 0 aliphatic rings. The quantitative estimate of drug-likeness (QED) is 0.361. The SMILES string of the molecule is Cc1cccc(C(=O)COc2c(I)cc(I)cc2I)c1. The van der Waals surface area contributed by atoms with E-state index in [2.05, 4.69) is 67.8 Å². The summed E-state index contributed by atoms with van der Waals surface area (Å²) in [6.45, 7) is 2.04. The maximum atomic E-state index is 12.1. The number of ketones is 1. The fraction of sp³-hybridized carbons (Fsp3) is 0.133. The van der Waals surface area contributed by atoms with E-state index in [0.29, 0.717) is 5.56 Å². The van der Waals surface area contributed by atoms with Crippen LogP contribution < -0.4 is 4.74 Å². The zero-order chi connectivity index (χ0) is 14.7. The van der Waals surface area contributed by atoms with Crippen LogP contribution >= 0.6 is 67.8 Å². The summed E-state index contributed by atoms with van der Waals surface area (Å²) in [5.74, 6) is 0.784. The van der Waals surface area contributed by atoms with Crippen LogP contribution in [0.1, 0.15) is 15.9 Å². The fourth-order valence-electron chi connectivity index (χ4n) is 1.71. The normalized spacial score (nSPS) is 10.4. The molecule has 0 aliphatic heterocycles. The first-order valence-corrected chi connectivity index (χ1v) is 9.08. The van der Waals surface area contributed by atoms with Gasteiger partial charge in [-0.3, -0.25) is 4.79 Å². The molecule has 0 aliphatic carbocycles. The zero-order valence-corrected chi connectivity index (χ0v) is 17.1. The molecule has 5 heteroatoms. The number of carbonyl (C=O) groups excluding carboxylic acids is 1. The average molecular weight is 604 g/mol. The summed E-state index contributed by atoms with van der Waals surface area (Å²) < 4.78 is 8.92. The van der Waals surface area contributed by atoms with Gasteiger partial charge in [0.05, 0.1) is 7.14 Å². The van der Waals surface area contributed by atoms with Crippen LogP contribution in [0, 0.1) is 17.6 Å². The lowest BCUT2D eigenvalue weighted by atomic mass is 10.1. The molecule has 0 aromatic heterocycles. The third kappa shape index (κ3) is 4.30. The van der Waals surface area contributed by atoms with Crippen molar-refractivity contribution in [2.24, 2.45) is 0 Å². The molecule has 0 heterocycles. The second-order valence-corrected chi connectivity index (χ2v) is 7.85. The Morgan fingerprint density at radius 1 is 1.10 bits per heavy atom. The predicted molar refractivity (Wildman–Crippen MR) is 106 cm³/mol. The first-order valence-electron chi connectivity index (χ1n) is 5.84.